The highest BCUT2D eigenvalue weighted by molar-refractivity contribution is 6.02. The molecule has 2 unspecified atom stereocenters. The van der Waals surface area contributed by atoms with Gasteiger partial charge < -0.3 is 52.3 Å². The fourth-order valence-electron chi connectivity index (χ4n) is 11.1. The number of alkyl halides is 4. The molecule has 7 rings (SSSR count). The first-order valence-corrected chi connectivity index (χ1v) is 27.8. The van der Waals surface area contributed by atoms with Crippen molar-refractivity contribution in [2.45, 2.75) is 180 Å². The fraction of sp³-hybridized carbons (Fsp3) is 0.559. The summed E-state index contributed by atoms with van der Waals surface area (Å²) in [6.07, 6.45) is 3.77. The number of likely N-dealkylation sites (N-methyl/N-ethyl adjacent to an activating group) is 2. The van der Waals surface area contributed by atoms with E-state index in [1.165, 1.54) is 23.1 Å². The van der Waals surface area contributed by atoms with E-state index in [4.69, 9.17) is 0 Å². The number of nitrogens with zero attached hydrogens (tertiary/aromatic N) is 2. The van der Waals surface area contributed by atoms with Gasteiger partial charge in [-0.05, 0) is 129 Å². The summed E-state index contributed by atoms with van der Waals surface area (Å²) in [7, 11) is 3.12. The van der Waals surface area contributed by atoms with Crippen LogP contribution in [0.3, 0.4) is 0 Å². The molecule has 1 saturated heterocycles. The summed E-state index contributed by atoms with van der Waals surface area (Å²) < 4.78 is 64.2. The summed E-state index contributed by atoms with van der Waals surface area (Å²) in [4.78, 5) is 114. The summed E-state index contributed by atoms with van der Waals surface area (Å²) in [6.45, 7) is 12.5. The molecule has 440 valence electrons. The van der Waals surface area contributed by atoms with Gasteiger partial charge in [0, 0.05) is 31.2 Å². The van der Waals surface area contributed by atoms with Crippen molar-refractivity contribution in [1.29, 1.82) is 0 Å². The van der Waals surface area contributed by atoms with Crippen molar-refractivity contribution >= 4 is 52.9 Å². The summed E-state index contributed by atoms with van der Waals surface area (Å²) >= 11 is 0. The third kappa shape index (κ3) is 13.5. The van der Waals surface area contributed by atoms with E-state index in [0.717, 1.165) is 52.8 Å². The summed E-state index contributed by atoms with van der Waals surface area (Å²) in [5, 5.41) is 21.0. The van der Waals surface area contributed by atoms with Crippen LogP contribution in [0.15, 0.2) is 66.7 Å². The molecule has 8 amide bonds. The molecule has 18 nitrogen and oxygen atoms in total. The molecule has 0 aromatic heterocycles. The van der Waals surface area contributed by atoms with Gasteiger partial charge in [0.1, 0.15) is 24.2 Å². The van der Waals surface area contributed by atoms with Gasteiger partial charge in [-0.2, -0.15) is 17.6 Å². The second-order valence-electron chi connectivity index (χ2n) is 24.1. The minimum atomic E-state index is -5.70. The zero-order chi connectivity index (χ0) is 59.5. The van der Waals surface area contributed by atoms with Crippen molar-refractivity contribution in [3.63, 3.8) is 0 Å². The molecule has 2 aliphatic heterocycles. The lowest BCUT2D eigenvalue weighted by molar-refractivity contribution is -0.208. The zero-order valence-corrected chi connectivity index (χ0v) is 47.8. The SMILES string of the molecule is CN[C@@H](C)C(=O)N[C@H](C(=O)N1Cc2cc(NC(=O)C(F)(F)C(F)(F)C(=O)N[C@H]3C[C@@H](C(=O)NC4CCCc5ccccc54)N(C(=O)[C@@H](NC(=O)[C@H](C)NC)C(C)(C)C)C3)ccc2C[C@H]1C(=O)NC1CCCc2ccccc21)C(C)(C)C. The number of amides is 8. The highest BCUT2D eigenvalue weighted by Gasteiger charge is 2.67. The van der Waals surface area contributed by atoms with E-state index in [1.807, 2.05) is 59.2 Å². The summed E-state index contributed by atoms with van der Waals surface area (Å²) in [6, 6.07) is 10.3. The molecule has 81 heavy (non-hydrogen) atoms. The van der Waals surface area contributed by atoms with Crippen molar-refractivity contribution in [1.82, 2.24) is 47.0 Å². The van der Waals surface area contributed by atoms with Crippen LogP contribution < -0.4 is 42.5 Å². The maximum absolute atomic E-state index is 16.1. The van der Waals surface area contributed by atoms with Crippen molar-refractivity contribution in [2.24, 2.45) is 10.8 Å². The van der Waals surface area contributed by atoms with Gasteiger partial charge in [0.15, 0.2) is 0 Å². The van der Waals surface area contributed by atoms with Gasteiger partial charge in [-0.3, -0.25) is 38.4 Å². The fourth-order valence-corrected chi connectivity index (χ4v) is 11.1. The van der Waals surface area contributed by atoms with Gasteiger partial charge >= 0.3 is 17.8 Å². The first-order chi connectivity index (χ1) is 38.0. The van der Waals surface area contributed by atoms with Gasteiger partial charge in [-0.25, -0.2) is 0 Å². The molecule has 9 atom stereocenters. The Morgan fingerprint density at radius 2 is 1.04 bits per heavy atom. The Morgan fingerprint density at radius 3 is 1.53 bits per heavy atom. The summed E-state index contributed by atoms with van der Waals surface area (Å²) in [5.74, 6) is -20.1. The molecule has 4 aliphatic rings. The van der Waals surface area contributed by atoms with E-state index in [1.54, 1.807) is 69.5 Å². The van der Waals surface area contributed by atoms with Crippen LogP contribution in [-0.4, -0.2) is 132 Å². The second-order valence-corrected chi connectivity index (χ2v) is 24.1. The quantitative estimate of drug-likeness (QED) is 0.0852. The second kappa shape index (κ2) is 24.6. The maximum atomic E-state index is 16.1. The average molecular weight is 1130 g/mol. The molecular formula is C59H78F4N10O8. The van der Waals surface area contributed by atoms with E-state index in [0.29, 0.717) is 18.4 Å². The molecule has 0 saturated carbocycles. The maximum Gasteiger partial charge on any atom is 0.395 e. The van der Waals surface area contributed by atoms with Crippen molar-refractivity contribution in [3.05, 3.63) is 100 Å². The van der Waals surface area contributed by atoms with Gasteiger partial charge in [0.05, 0.1) is 24.2 Å². The molecule has 0 bridgehead atoms. The lowest BCUT2D eigenvalue weighted by atomic mass is 9.83. The largest absolute Gasteiger partial charge is 0.395 e. The van der Waals surface area contributed by atoms with Crippen LogP contribution in [0.2, 0.25) is 0 Å². The normalized spacial score (nSPS) is 21.6. The van der Waals surface area contributed by atoms with E-state index >= 15 is 17.6 Å². The van der Waals surface area contributed by atoms with Crippen LogP contribution in [-0.2, 0) is 64.2 Å². The molecule has 3 aromatic carbocycles. The molecule has 3 aromatic rings. The zero-order valence-electron chi connectivity index (χ0n) is 47.8. The molecular weight excluding hydrogens is 1050 g/mol. The Labute approximate surface area is 470 Å². The molecule has 2 heterocycles. The van der Waals surface area contributed by atoms with Gasteiger partial charge in [-0.1, -0.05) is 96.1 Å². The van der Waals surface area contributed by atoms with Crippen LogP contribution in [0, 0.1) is 10.8 Å². The molecule has 0 spiro atoms. The van der Waals surface area contributed by atoms with Crippen LogP contribution >= 0.6 is 0 Å². The van der Waals surface area contributed by atoms with Gasteiger partial charge in [0.25, 0.3) is 5.91 Å². The molecule has 1 fully saturated rings. The predicted octanol–water partition coefficient (Wildman–Crippen LogP) is 4.90. The monoisotopic (exact) mass is 1130 g/mol. The Balaban J connectivity index is 1.11. The van der Waals surface area contributed by atoms with Crippen molar-refractivity contribution in [3.8, 4) is 0 Å². The van der Waals surface area contributed by atoms with Crippen LogP contribution in [0.25, 0.3) is 0 Å². The van der Waals surface area contributed by atoms with Crippen LogP contribution in [0.4, 0.5) is 23.2 Å². The average Bonchev–Trinajstić information content (AvgIpc) is 3.93. The number of likely N-dealkylation sites (tertiary alicyclic amines) is 1. The van der Waals surface area contributed by atoms with E-state index < -0.39 is 137 Å². The van der Waals surface area contributed by atoms with Crippen LogP contribution in [0.1, 0.15) is 133 Å². The number of rotatable bonds is 17. The Morgan fingerprint density at radius 1 is 0.568 bits per heavy atom. The van der Waals surface area contributed by atoms with Crippen molar-refractivity contribution < 1.29 is 55.9 Å². The first kappa shape index (κ1) is 61.7. The molecule has 2 aliphatic carbocycles. The van der Waals surface area contributed by atoms with Gasteiger partial charge in [-0.15, -0.1) is 0 Å². The van der Waals surface area contributed by atoms with Gasteiger partial charge in [0.2, 0.25) is 35.4 Å². The number of anilines is 1. The number of carbonyl (C=O) groups is 8. The minimum Gasteiger partial charge on any atom is -0.347 e. The highest BCUT2D eigenvalue weighted by Crippen LogP contribution is 2.39. The number of nitrogens with one attached hydrogen (secondary N) is 8. The smallest absolute Gasteiger partial charge is 0.347 e. The van der Waals surface area contributed by atoms with E-state index in [-0.39, 0.29) is 24.6 Å². The van der Waals surface area contributed by atoms with Crippen molar-refractivity contribution in [2.75, 3.05) is 26.0 Å². The minimum absolute atomic E-state index is 0.0794. The molecule has 22 heteroatoms. The number of hydrogen-bond donors (Lipinski definition) is 8. The number of aryl methyl sites for hydroxylation is 2. The highest BCUT2D eigenvalue weighted by atomic mass is 19.3. The van der Waals surface area contributed by atoms with E-state index in [2.05, 4.69) is 31.9 Å². The number of carbonyl (C=O) groups excluding carboxylic acids is 8. The topological polar surface area (TPSA) is 239 Å². The number of benzene rings is 3. The Bertz CT molecular complexity index is 2890. The molecule has 0 radical (unpaired) electrons. The lowest BCUT2D eigenvalue weighted by Crippen LogP contribution is -2.62. The Kier molecular flexibility index (Phi) is 18.8. The number of halogens is 4. The Hall–Kier alpha value is -6.94. The number of hydrogen-bond acceptors (Lipinski definition) is 10. The lowest BCUT2D eigenvalue weighted by Gasteiger charge is -2.42. The third-order valence-corrected chi connectivity index (χ3v) is 16.2. The number of fused-ring (bicyclic) bond motifs is 3. The first-order valence-electron chi connectivity index (χ1n) is 27.8. The van der Waals surface area contributed by atoms with Crippen LogP contribution in [0.5, 0.6) is 0 Å². The predicted molar refractivity (Wildman–Crippen MR) is 295 cm³/mol. The van der Waals surface area contributed by atoms with E-state index in [9.17, 15) is 38.4 Å². The molecule has 8 N–H and O–H groups in total. The summed E-state index contributed by atoms with van der Waals surface area (Å²) in [5.41, 5.74) is 2.41. The third-order valence-electron chi connectivity index (χ3n) is 16.2. The standard InChI is InChI=1S/C59H78F4N10O8/c1-32(64-9)48(74)70-46(56(3,4)5)52(78)72-30-37-27-38(26-25-36(37)28-44(72)50(76)68-42-23-15-19-34-17-11-13-21-40(34)42)66-54(80)58(60,61)59(62,63)55(81)67-39-29-45(51(77)69-43-24-16-20-35-18-12-14-22-41(35)43)73(31-39)53(79)47(57(6,7)8)71-49(75)33(2)65-10/h11-14,17-18,21-22,25-27,32-33,39,42-47,64-65H,15-16,19-20,23-24,28-31H2,1-10H3,(H,66,80)(H,67,81)(H,68,76)(H,69,77)(H,70,74)(H,71,75)/t32-,33-,39-,42?,43?,44-,45-,46+,47+/m0/s1.